The van der Waals surface area contributed by atoms with Gasteiger partial charge < -0.3 is 9.47 Å². The van der Waals surface area contributed by atoms with Crippen LogP contribution in [0.1, 0.15) is 42.5 Å². The molecule has 0 aliphatic heterocycles. The van der Waals surface area contributed by atoms with Crippen molar-refractivity contribution in [3.8, 4) is 11.5 Å². The van der Waals surface area contributed by atoms with Crippen LogP contribution < -0.4 is 9.47 Å². The van der Waals surface area contributed by atoms with Gasteiger partial charge in [-0.3, -0.25) is 4.79 Å². The van der Waals surface area contributed by atoms with E-state index in [1.165, 1.54) is 32.1 Å². The van der Waals surface area contributed by atoms with Gasteiger partial charge in [-0.25, -0.2) is 0 Å². The van der Waals surface area contributed by atoms with E-state index in [-0.39, 0.29) is 0 Å². The van der Waals surface area contributed by atoms with Gasteiger partial charge in [-0.15, -0.1) is 0 Å². The van der Waals surface area contributed by atoms with Crippen molar-refractivity contribution >= 4 is 17.9 Å². The van der Waals surface area contributed by atoms with Crippen LogP contribution in [0.5, 0.6) is 11.5 Å². The molecule has 1 aromatic carbocycles. The number of hydrogen-bond acceptors (Lipinski definition) is 3. The Morgan fingerprint density at radius 2 is 2.05 bits per heavy atom. The Bertz CT molecular complexity index is 439. The number of aldehydes is 1. The predicted octanol–water partition coefficient (Wildman–Crippen LogP) is 4.12. The van der Waals surface area contributed by atoms with E-state index >= 15 is 0 Å². The van der Waals surface area contributed by atoms with Crippen LogP contribution in [0.25, 0.3) is 0 Å². The highest BCUT2D eigenvalue weighted by atomic mass is 35.5. The van der Waals surface area contributed by atoms with E-state index in [0.29, 0.717) is 34.6 Å². The smallest absolute Gasteiger partial charge is 0.171 e. The van der Waals surface area contributed by atoms with Crippen LogP contribution in [0.3, 0.4) is 0 Å². The third-order valence-electron chi connectivity index (χ3n) is 3.58. The second-order valence-corrected chi connectivity index (χ2v) is 5.40. The number of carbonyl (C=O) groups excluding carboxylic acids is 1. The summed E-state index contributed by atoms with van der Waals surface area (Å²) >= 11 is 5.93. The van der Waals surface area contributed by atoms with E-state index in [9.17, 15) is 4.79 Å². The van der Waals surface area contributed by atoms with Gasteiger partial charge in [0.25, 0.3) is 0 Å². The number of halogens is 1. The fourth-order valence-corrected chi connectivity index (χ4v) is 2.75. The monoisotopic (exact) mass is 282 g/mol. The molecule has 0 saturated heterocycles. The summed E-state index contributed by atoms with van der Waals surface area (Å²) in [7, 11) is 1.55. The van der Waals surface area contributed by atoms with E-state index in [0.717, 1.165) is 6.29 Å². The number of methoxy groups -OCH3 is 1. The molecule has 104 valence electrons. The zero-order valence-electron chi connectivity index (χ0n) is 11.2. The maximum absolute atomic E-state index is 11.1. The predicted molar refractivity (Wildman–Crippen MR) is 75.5 cm³/mol. The molecule has 1 fully saturated rings. The minimum absolute atomic E-state index is 0.445. The van der Waals surface area contributed by atoms with Crippen LogP contribution in [-0.4, -0.2) is 20.0 Å². The van der Waals surface area contributed by atoms with Crippen molar-refractivity contribution in [2.75, 3.05) is 13.7 Å². The molecule has 0 bridgehead atoms. The fraction of sp³-hybridized carbons (Fsp3) is 0.533. The Morgan fingerprint density at radius 1 is 1.32 bits per heavy atom. The summed E-state index contributed by atoms with van der Waals surface area (Å²) in [4.78, 5) is 11.1. The average Bonchev–Trinajstić information content (AvgIpc) is 2.46. The van der Waals surface area contributed by atoms with Crippen molar-refractivity contribution in [1.82, 2.24) is 0 Å². The molecular weight excluding hydrogens is 264 g/mol. The highest BCUT2D eigenvalue weighted by Crippen LogP contribution is 2.35. The summed E-state index contributed by atoms with van der Waals surface area (Å²) in [6, 6.07) is 3.28. The topological polar surface area (TPSA) is 35.5 Å². The first-order valence-corrected chi connectivity index (χ1v) is 7.08. The number of carbonyl (C=O) groups is 1. The van der Waals surface area contributed by atoms with Gasteiger partial charge in [0.2, 0.25) is 0 Å². The minimum Gasteiger partial charge on any atom is -0.493 e. The molecule has 2 rings (SSSR count). The standard InChI is InChI=1S/C15H19ClO3/c1-18-14-8-13(16)7-12(9-17)15(14)19-10-11-5-3-2-4-6-11/h7-9,11H,2-6,10H2,1H3. The first-order valence-electron chi connectivity index (χ1n) is 6.70. The Morgan fingerprint density at radius 3 is 2.68 bits per heavy atom. The quantitative estimate of drug-likeness (QED) is 0.762. The van der Waals surface area contributed by atoms with Gasteiger partial charge in [0.15, 0.2) is 17.8 Å². The van der Waals surface area contributed by atoms with Gasteiger partial charge in [-0.1, -0.05) is 30.9 Å². The molecule has 4 heteroatoms. The van der Waals surface area contributed by atoms with Crippen LogP contribution in [0, 0.1) is 5.92 Å². The number of benzene rings is 1. The molecule has 0 radical (unpaired) electrons. The molecule has 1 aromatic rings. The molecule has 0 unspecified atom stereocenters. The van der Waals surface area contributed by atoms with Crippen LogP contribution in [0.2, 0.25) is 5.02 Å². The first-order chi connectivity index (χ1) is 9.24. The molecule has 1 aliphatic carbocycles. The summed E-state index contributed by atoms with van der Waals surface area (Å²) in [5.41, 5.74) is 0.445. The van der Waals surface area contributed by atoms with Gasteiger partial charge in [-0.2, -0.15) is 0 Å². The van der Waals surface area contributed by atoms with E-state index in [2.05, 4.69) is 0 Å². The van der Waals surface area contributed by atoms with E-state index in [4.69, 9.17) is 21.1 Å². The maximum Gasteiger partial charge on any atom is 0.171 e. The highest BCUT2D eigenvalue weighted by molar-refractivity contribution is 6.31. The highest BCUT2D eigenvalue weighted by Gasteiger charge is 2.17. The van der Waals surface area contributed by atoms with Gasteiger partial charge in [0.05, 0.1) is 19.3 Å². The zero-order valence-corrected chi connectivity index (χ0v) is 11.9. The normalized spacial score (nSPS) is 16.1. The van der Waals surface area contributed by atoms with Gasteiger partial charge in [-0.05, 0) is 24.8 Å². The van der Waals surface area contributed by atoms with Crippen molar-refractivity contribution in [2.24, 2.45) is 5.92 Å². The lowest BCUT2D eigenvalue weighted by Crippen LogP contribution is -2.16. The summed E-state index contributed by atoms with van der Waals surface area (Å²) in [5.74, 6) is 1.60. The van der Waals surface area contributed by atoms with E-state index < -0.39 is 0 Å². The molecule has 1 saturated carbocycles. The van der Waals surface area contributed by atoms with Crippen molar-refractivity contribution in [3.63, 3.8) is 0 Å². The molecule has 0 heterocycles. The number of rotatable bonds is 5. The zero-order chi connectivity index (χ0) is 13.7. The lowest BCUT2D eigenvalue weighted by molar-refractivity contribution is 0.111. The minimum atomic E-state index is 0.445. The fourth-order valence-electron chi connectivity index (χ4n) is 2.54. The largest absolute Gasteiger partial charge is 0.493 e. The van der Waals surface area contributed by atoms with Gasteiger partial charge in [0.1, 0.15) is 0 Å². The average molecular weight is 283 g/mol. The molecule has 0 amide bonds. The van der Waals surface area contributed by atoms with E-state index in [1.54, 1.807) is 19.2 Å². The molecule has 0 aromatic heterocycles. The maximum atomic E-state index is 11.1. The van der Waals surface area contributed by atoms with Crippen LogP contribution >= 0.6 is 11.6 Å². The van der Waals surface area contributed by atoms with Crippen molar-refractivity contribution < 1.29 is 14.3 Å². The van der Waals surface area contributed by atoms with Gasteiger partial charge >= 0.3 is 0 Å². The van der Waals surface area contributed by atoms with Crippen molar-refractivity contribution in [1.29, 1.82) is 0 Å². The molecule has 1 aliphatic rings. The summed E-state index contributed by atoms with van der Waals surface area (Å²) in [6.45, 7) is 0.638. The molecule has 0 atom stereocenters. The molecule has 0 spiro atoms. The second kappa shape index (κ2) is 6.80. The molecule has 0 N–H and O–H groups in total. The summed E-state index contributed by atoms with van der Waals surface area (Å²) in [6.07, 6.45) is 7.02. The first kappa shape index (κ1) is 14.2. The molecule has 3 nitrogen and oxygen atoms in total. The molecule has 19 heavy (non-hydrogen) atoms. The second-order valence-electron chi connectivity index (χ2n) is 4.96. The summed E-state index contributed by atoms with van der Waals surface area (Å²) < 4.78 is 11.1. The van der Waals surface area contributed by atoms with E-state index in [1.807, 2.05) is 0 Å². The van der Waals surface area contributed by atoms with Gasteiger partial charge in [0, 0.05) is 11.1 Å². The van der Waals surface area contributed by atoms with Crippen LogP contribution in [0.15, 0.2) is 12.1 Å². The lowest BCUT2D eigenvalue weighted by Gasteiger charge is -2.22. The Labute approximate surface area is 118 Å². The van der Waals surface area contributed by atoms with Crippen molar-refractivity contribution in [2.45, 2.75) is 32.1 Å². The Hall–Kier alpha value is -1.22. The number of hydrogen-bond donors (Lipinski definition) is 0. The third-order valence-corrected chi connectivity index (χ3v) is 3.80. The lowest BCUT2D eigenvalue weighted by atomic mass is 9.90. The van der Waals surface area contributed by atoms with Crippen molar-refractivity contribution in [3.05, 3.63) is 22.7 Å². The number of ether oxygens (including phenoxy) is 2. The van der Waals surface area contributed by atoms with Crippen LogP contribution in [-0.2, 0) is 0 Å². The SMILES string of the molecule is COc1cc(Cl)cc(C=O)c1OCC1CCCCC1. The van der Waals surface area contributed by atoms with Crippen LogP contribution in [0.4, 0.5) is 0 Å². The summed E-state index contributed by atoms with van der Waals surface area (Å²) in [5, 5.41) is 0.476. The Balaban J connectivity index is 2.11. The Kier molecular flexibility index (Phi) is 5.08. The third kappa shape index (κ3) is 3.63. The molecular formula is C15H19ClO3.